The van der Waals surface area contributed by atoms with E-state index in [1.54, 1.807) is 25.1 Å². The molecule has 0 aliphatic rings. The van der Waals surface area contributed by atoms with Crippen molar-refractivity contribution in [3.05, 3.63) is 80.5 Å². The van der Waals surface area contributed by atoms with Gasteiger partial charge in [-0.3, -0.25) is 19.7 Å². The van der Waals surface area contributed by atoms with Gasteiger partial charge in [0.25, 0.3) is 5.56 Å². The fraction of sp³-hybridized carbons (Fsp3) is 0.190. The SMILES string of the molecule is COC(=O)Cc1[nH]n(-c2ccc(F)cc2)c(=O)c1C(C)=Nc1cccc(Cl)c1C. The van der Waals surface area contributed by atoms with E-state index in [0.717, 1.165) is 5.56 Å². The Hall–Kier alpha value is -3.19. The van der Waals surface area contributed by atoms with Gasteiger partial charge in [-0.25, -0.2) is 9.07 Å². The third-order valence-corrected chi connectivity index (χ3v) is 4.90. The second-order valence-corrected chi connectivity index (χ2v) is 6.82. The molecule has 3 aromatic rings. The van der Waals surface area contributed by atoms with Gasteiger partial charge in [-0.2, -0.15) is 0 Å². The molecule has 2 aromatic carbocycles. The van der Waals surface area contributed by atoms with Crippen molar-refractivity contribution in [1.29, 1.82) is 0 Å². The van der Waals surface area contributed by atoms with Gasteiger partial charge in [-0.15, -0.1) is 0 Å². The van der Waals surface area contributed by atoms with E-state index in [1.807, 2.05) is 6.92 Å². The lowest BCUT2D eigenvalue weighted by Gasteiger charge is -2.05. The van der Waals surface area contributed by atoms with Crippen molar-refractivity contribution in [2.75, 3.05) is 7.11 Å². The zero-order chi connectivity index (χ0) is 21.1. The molecule has 1 heterocycles. The van der Waals surface area contributed by atoms with Crippen LogP contribution in [-0.2, 0) is 16.0 Å². The molecular formula is C21H19ClFN3O3. The fourth-order valence-electron chi connectivity index (χ4n) is 2.93. The van der Waals surface area contributed by atoms with Crippen molar-refractivity contribution < 1.29 is 13.9 Å². The van der Waals surface area contributed by atoms with Crippen LogP contribution < -0.4 is 5.56 Å². The number of aromatic amines is 1. The Morgan fingerprint density at radius 3 is 2.59 bits per heavy atom. The average Bonchev–Trinajstić information content (AvgIpc) is 3.01. The molecule has 0 spiro atoms. The number of methoxy groups -OCH3 is 1. The molecule has 0 saturated heterocycles. The van der Waals surface area contributed by atoms with Crippen LogP contribution in [0.15, 0.2) is 52.3 Å². The van der Waals surface area contributed by atoms with Crippen LogP contribution in [0.25, 0.3) is 5.69 Å². The smallest absolute Gasteiger partial charge is 0.311 e. The molecule has 0 amide bonds. The predicted molar refractivity (Wildman–Crippen MR) is 110 cm³/mol. The molecule has 150 valence electrons. The second-order valence-electron chi connectivity index (χ2n) is 6.42. The van der Waals surface area contributed by atoms with E-state index >= 15 is 0 Å². The summed E-state index contributed by atoms with van der Waals surface area (Å²) in [5.41, 5.74) is 2.44. The Morgan fingerprint density at radius 2 is 1.93 bits per heavy atom. The zero-order valence-corrected chi connectivity index (χ0v) is 16.9. The molecule has 0 atom stereocenters. The largest absolute Gasteiger partial charge is 0.469 e. The molecule has 6 nitrogen and oxygen atoms in total. The number of hydrogen-bond donors (Lipinski definition) is 1. The van der Waals surface area contributed by atoms with Crippen molar-refractivity contribution in [2.45, 2.75) is 20.3 Å². The van der Waals surface area contributed by atoms with Gasteiger partial charge >= 0.3 is 5.97 Å². The highest BCUT2D eigenvalue weighted by Gasteiger charge is 2.20. The van der Waals surface area contributed by atoms with Crippen molar-refractivity contribution >= 4 is 29.0 Å². The Labute approximate surface area is 171 Å². The molecular weight excluding hydrogens is 397 g/mol. The van der Waals surface area contributed by atoms with Crippen LogP contribution in [0.4, 0.5) is 10.1 Å². The number of halogens is 2. The van der Waals surface area contributed by atoms with Gasteiger partial charge in [-0.1, -0.05) is 17.7 Å². The highest BCUT2D eigenvalue weighted by atomic mass is 35.5. The molecule has 1 N–H and O–H groups in total. The Bertz CT molecular complexity index is 1150. The average molecular weight is 416 g/mol. The molecule has 0 radical (unpaired) electrons. The first-order valence-corrected chi connectivity index (χ1v) is 9.17. The number of aromatic nitrogens is 2. The second kappa shape index (κ2) is 8.45. The van der Waals surface area contributed by atoms with E-state index in [-0.39, 0.29) is 12.0 Å². The van der Waals surface area contributed by atoms with Crippen LogP contribution in [0, 0.1) is 12.7 Å². The van der Waals surface area contributed by atoms with Gasteiger partial charge in [0.15, 0.2) is 0 Å². The predicted octanol–water partition coefficient (Wildman–Crippen LogP) is 4.12. The molecule has 0 fully saturated rings. The Kier molecular flexibility index (Phi) is 5.98. The number of carbonyl (C=O) groups is 1. The third kappa shape index (κ3) is 4.30. The van der Waals surface area contributed by atoms with E-state index in [2.05, 4.69) is 10.1 Å². The molecule has 8 heteroatoms. The summed E-state index contributed by atoms with van der Waals surface area (Å²) >= 11 is 6.16. The van der Waals surface area contributed by atoms with Crippen molar-refractivity contribution in [2.24, 2.45) is 4.99 Å². The first-order valence-electron chi connectivity index (χ1n) is 8.79. The van der Waals surface area contributed by atoms with E-state index in [9.17, 15) is 14.0 Å². The molecule has 1 aromatic heterocycles. The first-order chi connectivity index (χ1) is 13.8. The summed E-state index contributed by atoms with van der Waals surface area (Å²) in [5.74, 6) is -0.928. The van der Waals surface area contributed by atoms with Crippen LogP contribution in [0.2, 0.25) is 5.02 Å². The van der Waals surface area contributed by atoms with Gasteiger partial charge in [0.1, 0.15) is 5.82 Å². The number of aliphatic imine (C=N–C) groups is 1. The summed E-state index contributed by atoms with van der Waals surface area (Å²) in [6, 6.07) is 10.7. The number of hydrogen-bond acceptors (Lipinski definition) is 4. The van der Waals surface area contributed by atoms with Crippen molar-refractivity contribution in [3.63, 3.8) is 0 Å². The number of benzene rings is 2. The lowest BCUT2D eigenvalue weighted by atomic mass is 10.1. The number of nitrogens with one attached hydrogen (secondary N) is 1. The van der Waals surface area contributed by atoms with Crippen LogP contribution in [0.3, 0.4) is 0 Å². The number of esters is 1. The minimum atomic E-state index is -0.509. The lowest BCUT2D eigenvalue weighted by molar-refractivity contribution is -0.139. The highest BCUT2D eigenvalue weighted by molar-refractivity contribution is 6.31. The minimum Gasteiger partial charge on any atom is -0.469 e. The van der Waals surface area contributed by atoms with Crippen LogP contribution in [-0.4, -0.2) is 28.6 Å². The monoisotopic (exact) mass is 415 g/mol. The zero-order valence-electron chi connectivity index (χ0n) is 16.1. The van der Waals surface area contributed by atoms with Crippen molar-refractivity contribution in [1.82, 2.24) is 9.78 Å². The molecule has 3 rings (SSSR count). The summed E-state index contributed by atoms with van der Waals surface area (Å²) in [6.45, 7) is 3.51. The molecule has 0 aliphatic carbocycles. The van der Waals surface area contributed by atoms with E-state index in [0.29, 0.717) is 27.8 Å². The molecule has 0 unspecified atom stereocenters. The summed E-state index contributed by atoms with van der Waals surface area (Å²) in [7, 11) is 1.27. The Morgan fingerprint density at radius 1 is 1.24 bits per heavy atom. The van der Waals surface area contributed by atoms with Gasteiger partial charge < -0.3 is 4.74 Å². The number of carbonyl (C=O) groups excluding carboxylic acids is 1. The minimum absolute atomic E-state index is 0.142. The van der Waals surface area contributed by atoms with Crippen LogP contribution in [0.5, 0.6) is 0 Å². The summed E-state index contributed by atoms with van der Waals surface area (Å²) in [6.07, 6.45) is -0.142. The molecule has 0 aliphatic heterocycles. The molecule has 0 saturated carbocycles. The van der Waals surface area contributed by atoms with Gasteiger partial charge in [-0.05, 0) is 55.8 Å². The third-order valence-electron chi connectivity index (χ3n) is 4.49. The fourth-order valence-corrected chi connectivity index (χ4v) is 3.10. The van der Waals surface area contributed by atoms with Crippen LogP contribution >= 0.6 is 11.6 Å². The first kappa shape index (κ1) is 20.5. The number of ether oxygens (including phenoxy) is 1. The number of rotatable bonds is 5. The van der Waals surface area contributed by atoms with Gasteiger partial charge in [0.2, 0.25) is 0 Å². The topological polar surface area (TPSA) is 76.5 Å². The summed E-state index contributed by atoms with van der Waals surface area (Å²) in [4.78, 5) is 29.5. The van der Waals surface area contributed by atoms with Gasteiger partial charge in [0, 0.05) is 5.02 Å². The maximum Gasteiger partial charge on any atom is 0.311 e. The lowest BCUT2D eigenvalue weighted by Crippen LogP contribution is -2.20. The van der Waals surface area contributed by atoms with Gasteiger partial charge in [0.05, 0.1) is 41.9 Å². The van der Waals surface area contributed by atoms with E-state index < -0.39 is 17.3 Å². The molecule has 0 bridgehead atoms. The standard InChI is InChI=1S/C21H19ClFN3O3/c1-12-16(22)5-4-6-17(12)24-13(2)20-18(11-19(27)29-3)25-26(21(20)28)15-9-7-14(23)8-10-15/h4-10,25H,11H2,1-3H3. The van der Waals surface area contributed by atoms with Crippen molar-refractivity contribution in [3.8, 4) is 5.69 Å². The maximum atomic E-state index is 13.3. The number of nitrogens with zero attached hydrogens (tertiary/aromatic N) is 2. The quantitative estimate of drug-likeness (QED) is 0.503. The van der Waals surface area contributed by atoms with E-state index in [4.69, 9.17) is 16.3 Å². The summed E-state index contributed by atoms with van der Waals surface area (Å²) in [5, 5.41) is 3.48. The van der Waals surface area contributed by atoms with Crippen LogP contribution in [0.1, 0.15) is 23.7 Å². The Balaban J connectivity index is 2.16. The highest BCUT2D eigenvalue weighted by Crippen LogP contribution is 2.26. The number of H-pyrrole nitrogens is 1. The molecule has 29 heavy (non-hydrogen) atoms. The maximum absolute atomic E-state index is 13.3. The normalized spacial score (nSPS) is 11.6. The van der Waals surface area contributed by atoms with E-state index in [1.165, 1.54) is 36.1 Å². The summed E-state index contributed by atoms with van der Waals surface area (Å²) < 4.78 is 19.2.